The van der Waals surface area contributed by atoms with Crippen molar-refractivity contribution < 1.29 is 43.2 Å². The standard InChI is InChI=1S/C18H22O9/c1-10(19)24-14-15(23-9-13-7-5-4-6-8-13)17(22)27-18(26-12(3)21)16(14)25-11(2)20/h4-8,14-18,22H,9H2,1-3H3/t14-,15-,16+,17+,18+/m1/s1. The molecule has 0 spiro atoms. The van der Waals surface area contributed by atoms with Crippen LogP contribution < -0.4 is 0 Å². The van der Waals surface area contributed by atoms with Gasteiger partial charge in [-0.2, -0.15) is 0 Å². The molecule has 1 N–H and O–H groups in total. The Balaban J connectivity index is 2.25. The molecule has 1 fully saturated rings. The summed E-state index contributed by atoms with van der Waals surface area (Å²) in [6.07, 6.45) is -6.77. The van der Waals surface area contributed by atoms with E-state index in [2.05, 4.69) is 0 Å². The minimum Gasteiger partial charge on any atom is -0.455 e. The van der Waals surface area contributed by atoms with Crippen LogP contribution in [0.5, 0.6) is 0 Å². The Morgan fingerprint density at radius 2 is 1.44 bits per heavy atom. The van der Waals surface area contributed by atoms with Gasteiger partial charge in [0.25, 0.3) is 0 Å². The maximum absolute atomic E-state index is 11.6. The van der Waals surface area contributed by atoms with Crippen molar-refractivity contribution in [3.8, 4) is 0 Å². The van der Waals surface area contributed by atoms with Gasteiger partial charge in [-0.1, -0.05) is 30.3 Å². The molecule has 9 nitrogen and oxygen atoms in total. The fraction of sp³-hybridized carbons (Fsp3) is 0.500. The summed E-state index contributed by atoms with van der Waals surface area (Å²) < 4.78 is 26.2. The van der Waals surface area contributed by atoms with E-state index in [1.165, 1.54) is 0 Å². The molecular formula is C18H22O9. The molecule has 0 amide bonds. The molecule has 148 valence electrons. The Morgan fingerprint density at radius 1 is 0.889 bits per heavy atom. The van der Waals surface area contributed by atoms with E-state index in [0.29, 0.717) is 0 Å². The third-order valence-corrected chi connectivity index (χ3v) is 3.64. The van der Waals surface area contributed by atoms with Crippen LogP contribution in [0.4, 0.5) is 0 Å². The zero-order chi connectivity index (χ0) is 20.0. The summed E-state index contributed by atoms with van der Waals surface area (Å²) >= 11 is 0. The van der Waals surface area contributed by atoms with Crippen molar-refractivity contribution in [1.29, 1.82) is 0 Å². The van der Waals surface area contributed by atoms with Crippen molar-refractivity contribution in [1.82, 2.24) is 0 Å². The van der Waals surface area contributed by atoms with Gasteiger partial charge in [-0.25, -0.2) is 0 Å². The van der Waals surface area contributed by atoms with E-state index >= 15 is 0 Å². The topological polar surface area (TPSA) is 118 Å². The summed E-state index contributed by atoms with van der Waals surface area (Å²) in [4.78, 5) is 34.3. The number of ether oxygens (including phenoxy) is 5. The zero-order valence-electron chi connectivity index (χ0n) is 15.2. The second kappa shape index (κ2) is 9.45. The number of benzene rings is 1. The highest BCUT2D eigenvalue weighted by Crippen LogP contribution is 2.29. The number of carbonyl (C=O) groups excluding carboxylic acids is 3. The summed E-state index contributed by atoms with van der Waals surface area (Å²) in [5, 5.41) is 10.3. The van der Waals surface area contributed by atoms with Gasteiger partial charge in [-0.15, -0.1) is 0 Å². The van der Waals surface area contributed by atoms with Crippen molar-refractivity contribution in [3.63, 3.8) is 0 Å². The number of hydrogen-bond donors (Lipinski definition) is 1. The molecule has 0 radical (unpaired) electrons. The molecule has 2 rings (SSSR count). The molecule has 1 aromatic carbocycles. The van der Waals surface area contributed by atoms with Crippen LogP contribution in [0, 0.1) is 0 Å². The second-order valence-electron chi connectivity index (χ2n) is 5.91. The first kappa shape index (κ1) is 20.8. The highest BCUT2D eigenvalue weighted by Gasteiger charge is 2.51. The number of hydrogen-bond acceptors (Lipinski definition) is 9. The van der Waals surface area contributed by atoms with Crippen molar-refractivity contribution in [2.45, 2.75) is 58.3 Å². The molecule has 1 aliphatic heterocycles. The Hall–Kier alpha value is -2.49. The maximum atomic E-state index is 11.6. The number of aliphatic hydroxyl groups is 1. The number of esters is 3. The molecule has 9 heteroatoms. The van der Waals surface area contributed by atoms with Crippen molar-refractivity contribution in [3.05, 3.63) is 35.9 Å². The van der Waals surface area contributed by atoms with Gasteiger partial charge in [0.05, 0.1) is 6.61 Å². The molecule has 1 aliphatic rings. The average Bonchev–Trinajstić information content (AvgIpc) is 2.57. The Morgan fingerprint density at radius 3 is 2.00 bits per heavy atom. The Bertz CT molecular complexity index is 660. The summed E-state index contributed by atoms with van der Waals surface area (Å²) in [6.45, 7) is 3.50. The lowest BCUT2D eigenvalue weighted by Crippen LogP contribution is -2.61. The lowest BCUT2D eigenvalue weighted by atomic mass is 10.0. The van der Waals surface area contributed by atoms with Crippen LogP contribution in [0.2, 0.25) is 0 Å². The Labute approximate surface area is 156 Å². The SMILES string of the molecule is CC(=O)O[C@H]1O[C@H](O)[C@H](OCc2ccccc2)[C@@H](OC(C)=O)[C@@H]1OC(C)=O. The molecule has 27 heavy (non-hydrogen) atoms. The fourth-order valence-electron chi connectivity index (χ4n) is 2.64. The molecule has 0 unspecified atom stereocenters. The van der Waals surface area contributed by atoms with Crippen LogP contribution >= 0.6 is 0 Å². The summed E-state index contributed by atoms with van der Waals surface area (Å²) in [5.41, 5.74) is 0.803. The highest BCUT2D eigenvalue weighted by molar-refractivity contribution is 5.68. The zero-order valence-corrected chi connectivity index (χ0v) is 15.2. The third kappa shape index (κ3) is 6.02. The van der Waals surface area contributed by atoms with E-state index in [-0.39, 0.29) is 6.61 Å². The number of carbonyl (C=O) groups is 3. The summed E-state index contributed by atoms with van der Waals surface area (Å²) in [7, 11) is 0. The van der Waals surface area contributed by atoms with Crippen molar-refractivity contribution in [2.24, 2.45) is 0 Å². The van der Waals surface area contributed by atoms with Crippen LogP contribution in [-0.2, 0) is 44.7 Å². The predicted molar refractivity (Wildman–Crippen MR) is 88.8 cm³/mol. The highest BCUT2D eigenvalue weighted by atomic mass is 16.8. The lowest BCUT2D eigenvalue weighted by molar-refractivity contribution is -0.341. The lowest BCUT2D eigenvalue weighted by Gasteiger charge is -2.42. The first-order valence-electron chi connectivity index (χ1n) is 8.28. The molecule has 0 saturated carbocycles. The molecule has 5 atom stereocenters. The Kier molecular flexibility index (Phi) is 7.28. The van der Waals surface area contributed by atoms with Crippen LogP contribution in [0.1, 0.15) is 26.3 Å². The van der Waals surface area contributed by atoms with Crippen LogP contribution in [-0.4, -0.2) is 53.9 Å². The van der Waals surface area contributed by atoms with Crippen LogP contribution in [0.3, 0.4) is 0 Å². The molecule has 0 aliphatic carbocycles. The van der Waals surface area contributed by atoms with E-state index in [9.17, 15) is 19.5 Å². The van der Waals surface area contributed by atoms with Gasteiger partial charge in [-0.05, 0) is 5.56 Å². The van der Waals surface area contributed by atoms with Gasteiger partial charge >= 0.3 is 17.9 Å². The molecular weight excluding hydrogens is 360 g/mol. The van der Waals surface area contributed by atoms with Gasteiger partial charge in [-0.3, -0.25) is 14.4 Å². The molecule has 0 aromatic heterocycles. The van der Waals surface area contributed by atoms with E-state index in [1.54, 1.807) is 0 Å². The van der Waals surface area contributed by atoms with Crippen LogP contribution in [0.25, 0.3) is 0 Å². The molecule has 1 heterocycles. The van der Waals surface area contributed by atoms with Gasteiger partial charge in [0.2, 0.25) is 12.4 Å². The number of aliphatic hydroxyl groups excluding tert-OH is 1. The first-order chi connectivity index (χ1) is 12.8. The first-order valence-corrected chi connectivity index (χ1v) is 8.28. The van der Waals surface area contributed by atoms with E-state index < -0.39 is 48.8 Å². The van der Waals surface area contributed by atoms with E-state index in [4.69, 9.17) is 23.7 Å². The second-order valence-corrected chi connectivity index (χ2v) is 5.91. The minimum absolute atomic E-state index is 0.0781. The van der Waals surface area contributed by atoms with Gasteiger partial charge < -0.3 is 28.8 Å². The monoisotopic (exact) mass is 382 g/mol. The normalized spacial score (nSPS) is 27.5. The fourth-order valence-corrected chi connectivity index (χ4v) is 2.64. The smallest absolute Gasteiger partial charge is 0.305 e. The van der Waals surface area contributed by atoms with E-state index in [0.717, 1.165) is 26.3 Å². The number of rotatable bonds is 6. The quantitative estimate of drug-likeness (QED) is 0.559. The average molecular weight is 382 g/mol. The molecule has 1 saturated heterocycles. The van der Waals surface area contributed by atoms with E-state index in [1.807, 2.05) is 30.3 Å². The molecule has 1 aromatic rings. The van der Waals surface area contributed by atoms with Gasteiger partial charge in [0.15, 0.2) is 12.4 Å². The molecule has 0 bridgehead atoms. The minimum atomic E-state index is -1.59. The maximum Gasteiger partial charge on any atom is 0.305 e. The van der Waals surface area contributed by atoms with Crippen molar-refractivity contribution >= 4 is 17.9 Å². The van der Waals surface area contributed by atoms with Gasteiger partial charge in [0, 0.05) is 20.8 Å². The van der Waals surface area contributed by atoms with Gasteiger partial charge in [0.1, 0.15) is 6.10 Å². The third-order valence-electron chi connectivity index (χ3n) is 3.64. The van der Waals surface area contributed by atoms with Crippen LogP contribution in [0.15, 0.2) is 30.3 Å². The van der Waals surface area contributed by atoms with Crippen molar-refractivity contribution in [2.75, 3.05) is 0 Å². The summed E-state index contributed by atoms with van der Waals surface area (Å²) in [6, 6.07) is 9.08. The predicted octanol–water partition coefficient (Wildman–Crippen LogP) is 0.673. The largest absolute Gasteiger partial charge is 0.455 e. The summed E-state index contributed by atoms with van der Waals surface area (Å²) in [5.74, 6) is -2.13.